The minimum atomic E-state index is -0.666. The van der Waals surface area contributed by atoms with Gasteiger partial charge in [0.15, 0.2) is 5.78 Å². The van der Waals surface area contributed by atoms with Crippen LogP contribution in [0, 0.1) is 34.5 Å². The SMILES string of the molecule is CN1CCC[C@H]1C(C#N)C(=O)C(C#N)[C@@H]1CCCN1C. The second-order valence-electron chi connectivity index (χ2n) is 6.00. The van der Waals surface area contributed by atoms with E-state index in [-0.39, 0.29) is 17.9 Å². The topological polar surface area (TPSA) is 71.1 Å². The molecule has 108 valence electrons. The Morgan fingerprint density at radius 2 is 1.40 bits per heavy atom. The number of likely N-dealkylation sites (tertiary alicyclic amines) is 2. The van der Waals surface area contributed by atoms with Crippen molar-refractivity contribution < 1.29 is 4.79 Å². The van der Waals surface area contributed by atoms with Crippen LogP contribution in [0.1, 0.15) is 25.7 Å². The van der Waals surface area contributed by atoms with Crippen LogP contribution in [-0.4, -0.2) is 54.9 Å². The summed E-state index contributed by atoms with van der Waals surface area (Å²) < 4.78 is 0. The van der Waals surface area contributed by atoms with Crippen LogP contribution < -0.4 is 0 Å². The third-order valence-electron chi connectivity index (χ3n) is 4.81. The number of nitriles is 2. The average molecular weight is 274 g/mol. The van der Waals surface area contributed by atoms with Crippen molar-refractivity contribution in [2.24, 2.45) is 11.8 Å². The van der Waals surface area contributed by atoms with Gasteiger partial charge < -0.3 is 9.80 Å². The smallest absolute Gasteiger partial charge is 0.170 e. The molecule has 0 amide bonds. The molecule has 0 N–H and O–H groups in total. The Morgan fingerprint density at radius 3 is 1.65 bits per heavy atom. The molecule has 0 spiro atoms. The molecule has 2 unspecified atom stereocenters. The zero-order chi connectivity index (χ0) is 14.7. The van der Waals surface area contributed by atoms with Crippen LogP contribution >= 0.6 is 0 Å². The van der Waals surface area contributed by atoms with E-state index in [1.165, 1.54) is 0 Å². The fourth-order valence-electron chi connectivity index (χ4n) is 3.59. The Hall–Kier alpha value is -1.43. The largest absolute Gasteiger partial charge is 0.302 e. The summed E-state index contributed by atoms with van der Waals surface area (Å²) in [5.74, 6) is -1.50. The van der Waals surface area contributed by atoms with E-state index in [0.717, 1.165) is 38.8 Å². The summed E-state index contributed by atoms with van der Waals surface area (Å²) in [6.45, 7) is 1.85. The molecule has 0 aromatic rings. The molecule has 5 nitrogen and oxygen atoms in total. The van der Waals surface area contributed by atoms with Crippen molar-refractivity contribution >= 4 is 5.78 Å². The van der Waals surface area contributed by atoms with Gasteiger partial charge in [-0.3, -0.25) is 4.79 Å². The number of hydrogen-bond acceptors (Lipinski definition) is 5. The standard InChI is InChI=1S/C15H22N4O/c1-18-7-3-5-13(18)11(9-16)15(20)12(10-17)14-6-4-8-19(14)2/h11-14H,3-8H2,1-2H3/t11?,12?,13-,14-/m0/s1. The molecule has 2 fully saturated rings. The van der Waals surface area contributed by atoms with Crippen molar-refractivity contribution in [3.8, 4) is 12.1 Å². The molecular weight excluding hydrogens is 252 g/mol. The normalized spacial score (nSPS) is 30.6. The molecule has 0 aliphatic carbocycles. The van der Waals surface area contributed by atoms with Crippen LogP contribution in [0.3, 0.4) is 0 Å². The molecule has 0 aromatic heterocycles. The monoisotopic (exact) mass is 274 g/mol. The van der Waals surface area contributed by atoms with Gasteiger partial charge in [-0.2, -0.15) is 10.5 Å². The van der Waals surface area contributed by atoms with Crippen LogP contribution in [-0.2, 0) is 4.79 Å². The van der Waals surface area contributed by atoms with Gasteiger partial charge >= 0.3 is 0 Å². The van der Waals surface area contributed by atoms with E-state index in [1.807, 2.05) is 14.1 Å². The molecule has 2 saturated heterocycles. The maximum absolute atomic E-state index is 12.7. The number of rotatable bonds is 4. The third kappa shape index (κ3) is 2.70. The zero-order valence-electron chi connectivity index (χ0n) is 12.2. The molecule has 2 aliphatic heterocycles. The lowest BCUT2D eigenvalue weighted by Crippen LogP contribution is -2.44. The van der Waals surface area contributed by atoms with Crippen LogP contribution in [0.2, 0.25) is 0 Å². The summed E-state index contributed by atoms with van der Waals surface area (Å²) in [5.41, 5.74) is 0. The minimum Gasteiger partial charge on any atom is -0.302 e. The first kappa shape index (κ1) is 15.0. The number of ketones is 1. The van der Waals surface area contributed by atoms with E-state index >= 15 is 0 Å². The second-order valence-corrected chi connectivity index (χ2v) is 6.00. The summed E-state index contributed by atoms with van der Waals surface area (Å²) in [7, 11) is 3.91. The molecule has 2 heterocycles. The van der Waals surface area contributed by atoms with E-state index in [0.29, 0.717) is 0 Å². The second kappa shape index (κ2) is 6.35. The first-order valence-electron chi connectivity index (χ1n) is 7.33. The molecule has 4 atom stereocenters. The van der Waals surface area contributed by atoms with Gasteiger partial charge in [0.05, 0.1) is 12.1 Å². The highest BCUT2D eigenvalue weighted by Crippen LogP contribution is 2.29. The lowest BCUT2D eigenvalue weighted by atomic mass is 9.83. The number of carbonyl (C=O) groups excluding carboxylic acids is 1. The van der Waals surface area contributed by atoms with Crippen LogP contribution in [0.4, 0.5) is 0 Å². The maximum atomic E-state index is 12.7. The van der Waals surface area contributed by atoms with Crippen molar-refractivity contribution in [2.45, 2.75) is 37.8 Å². The molecule has 5 heteroatoms. The van der Waals surface area contributed by atoms with Gasteiger partial charge in [0.1, 0.15) is 11.8 Å². The van der Waals surface area contributed by atoms with E-state index in [1.54, 1.807) is 0 Å². The Morgan fingerprint density at radius 1 is 1.00 bits per heavy atom. The number of carbonyl (C=O) groups is 1. The van der Waals surface area contributed by atoms with Gasteiger partial charge in [0.25, 0.3) is 0 Å². The highest BCUT2D eigenvalue weighted by atomic mass is 16.1. The summed E-state index contributed by atoms with van der Waals surface area (Å²) in [5, 5.41) is 18.8. The van der Waals surface area contributed by atoms with Crippen molar-refractivity contribution in [1.82, 2.24) is 9.80 Å². The molecule has 0 saturated carbocycles. The fourth-order valence-corrected chi connectivity index (χ4v) is 3.59. The van der Waals surface area contributed by atoms with Crippen molar-refractivity contribution in [3.05, 3.63) is 0 Å². The Bertz CT molecular complexity index is 410. The Labute approximate surface area is 120 Å². The molecule has 20 heavy (non-hydrogen) atoms. The average Bonchev–Trinajstić information content (AvgIpc) is 3.02. The van der Waals surface area contributed by atoms with Crippen molar-refractivity contribution in [1.29, 1.82) is 10.5 Å². The quantitative estimate of drug-likeness (QED) is 0.765. The van der Waals surface area contributed by atoms with Gasteiger partial charge in [0, 0.05) is 12.1 Å². The lowest BCUT2D eigenvalue weighted by Gasteiger charge is -2.28. The number of Topliss-reactive ketones (excluding diaryl/α,β-unsaturated/α-hetero) is 1. The molecule has 2 aliphatic rings. The highest BCUT2D eigenvalue weighted by Gasteiger charge is 2.42. The third-order valence-corrected chi connectivity index (χ3v) is 4.81. The first-order valence-corrected chi connectivity index (χ1v) is 7.33. The van der Waals surface area contributed by atoms with Crippen molar-refractivity contribution in [3.63, 3.8) is 0 Å². The summed E-state index contributed by atoms with van der Waals surface area (Å²) >= 11 is 0. The van der Waals surface area contributed by atoms with E-state index < -0.39 is 11.8 Å². The molecule has 0 aromatic carbocycles. The predicted molar refractivity (Wildman–Crippen MR) is 74.5 cm³/mol. The summed E-state index contributed by atoms with van der Waals surface area (Å²) in [4.78, 5) is 16.8. The van der Waals surface area contributed by atoms with E-state index in [9.17, 15) is 15.3 Å². The number of nitrogens with zero attached hydrogens (tertiary/aromatic N) is 4. The summed E-state index contributed by atoms with van der Waals surface area (Å²) in [6, 6.07) is 4.30. The van der Waals surface area contributed by atoms with Crippen molar-refractivity contribution in [2.75, 3.05) is 27.2 Å². The lowest BCUT2D eigenvalue weighted by molar-refractivity contribution is -0.126. The van der Waals surface area contributed by atoms with Crippen LogP contribution in [0.15, 0.2) is 0 Å². The van der Waals surface area contributed by atoms with Gasteiger partial charge in [0.2, 0.25) is 0 Å². The summed E-state index contributed by atoms with van der Waals surface area (Å²) in [6.07, 6.45) is 3.79. The molecule has 0 radical (unpaired) electrons. The molecule has 0 bridgehead atoms. The van der Waals surface area contributed by atoms with E-state index in [4.69, 9.17) is 0 Å². The fraction of sp³-hybridized carbons (Fsp3) is 0.800. The zero-order valence-corrected chi connectivity index (χ0v) is 12.2. The van der Waals surface area contributed by atoms with Gasteiger partial charge in [-0.05, 0) is 52.9 Å². The van der Waals surface area contributed by atoms with E-state index in [2.05, 4.69) is 21.9 Å². The Kier molecular flexibility index (Phi) is 4.75. The van der Waals surface area contributed by atoms with Crippen LogP contribution in [0.5, 0.6) is 0 Å². The predicted octanol–water partition coefficient (Wildman–Crippen LogP) is 1.02. The van der Waals surface area contributed by atoms with Gasteiger partial charge in [-0.1, -0.05) is 0 Å². The number of hydrogen-bond donors (Lipinski definition) is 0. The van der Waals surface area contributed by atoms with Crippen LogP contribution in [0.25, 0.3) is 0 Å². The molecule has 2 rings (SSSR count). The Balaban J connectivity index is 2.14. The van der Waals surface area contributed by atoms with Gasteiger partial charge in [-0.25, -0.2) is 0 Å². The first-order chi connectivity index (χ1) is 9.60. The highest BCUT2D eigenvalue weighted by molar-refractivity contribution is 5.89. The molecular formula is C15H22N4O. The maximum Gasteiger partial charge on any atom is 0.170 e. The minimum absolute atomic E-state index is 0.0185. The van der Waals surface area contributed by atoms with Gasteiger partial charge in [-0.15, -0.1) is 0 Å².